The fraction of sp³-hybridized carbons (Fsp3) is 0.273. The molecular weight excluding hydrogens is 291 g/mol. The van der Waals surface area contributed by atoms with Crippen molar-refractivity contribution in [2.45, 2.75) is 20.3 Å². The van der Waals surface area contributed by atoms with Crippen molar-refractivity contribution >= 4 is 44.0 Å². The standard InChI is InChI=1S/C11H11IS/c1-3-10-7(2)9-5-4-8(12)6-11(9)13-10/h4-6H,3H2,1-2H3. The molecule has 0 bridgehead atoms. The summed E-state index contributed by atoms with van der Waals surface area (Å²) in [5, 5.41) is 1.43. The first kappa shape index (κ1) is 9.46. The lowest BCUT2D eigenvalue weighted by Gasteiger charge is -1.93. The zero-order chi connectivity index (χ0) is 9.42. The van der Waals surface area contributed by atoms with Crippen molar-refractivity contribution in [3.63, 3.8) is 0 Å². The molecule has 2 aromatic rings. The molecule has 0 aliphatic carbocycles. The van der Waals surface area contributed by atoms with Crippen molar-refractivity contribution in [3.05, 3.63) is 32.2 Å². The Labute approximate surface area is 96.1 Å². The molecule has 0 nitrogen and oxygen atoms in total. The van der Waals surface area contributed by atoms with Gasteiger partial charge in [0.15, 0.2) is 0 Å². The van der Waals surface area contributed by atoms with Crippen molar-refractivity contribution in [3.8, 4) is 0 Å². The third kappa shape index (κ3) is 1.62. The Bertz CT molecular complexity index is 443. The molecule has 0 spiro atoms. The van der Waals surface area contributed by atoms with Crippen LogP contribution in [0.2, 0.25) is 0 Å². The van der Waals surface area contributed by atoms with Gasteiger partial charge in [0.1, 0.15) is 0 Å². The number of rotatable bonds is 1. The lowest BCUT2D eigenvalue weighted by atomic mass is 10.1. The van der Waals surface area contributed by atoms with Crippen LogP contribution in [0.5, 0.6) is 0 Å². The van der Waals surface area contributed by atoms with E-state index in [4.69, 9.17) is 0 Å². The molecule has 0 aliphatic rings. The Morgan fingerprint density at radius 1 is 1.38 bits per heavy atom. The fourth-order valence-corrected chi connectivity index (χ4v) is 3.48. The quantitative estimate of drug-likeness (QED) is 0.686. The van der Waals surface area contributed by atoms with Crippen LogP contribution in [-0.2, 0) is 6.42 Å². The molecule has 1 heterocycles. The third-order valence-electron chi connectivity index (χ3n) is 2.32. The van der Waals surface area contributed by atoms with E-state index in [2.05, 4.69) is 54.6 Å². The molecule has 68 valence electrons. The number of thiophene rings is 1. The molecular formula is C11H11IS. The summed E-state index contributed by atoms with van der Waals surface area (Å²) < 4.78 is 2.76. The summed E-state index contributed by atoms with van der Waals surface area (Å²) in [5.41, 5.74) is 1.47. The maximum absolute atomic E-state index is 2.37. The predicted molar refractivity (Wildman–Crippen MR) is 68.7 cm³/mol. The molecule has 0 unspecified atom stereocenters. The van der Waals surface area contributed by atoms with Gasteiger partial charge in [0.25, 0.3) is 0 Å². The summed E-state index contributed by atoms with van der Waals surface area (Å²) in [5.74, 6) is 0. The number of hydrogen-bond donors (Lipinski definition) is 0. The van der Waals surface area contributed by atoms with Crippen LogP contribution in [0.3, 0.4) is 0 Å². The predicted octanol–water partition coefficient (Wildman–Crippen LogP) is 4.38. The zero-order valence-corrected chi connectivity index (χ0v) is 10.7. The van der Waals surface area contributed by atoms with E-state index in [0.29, 0.717) is 0 Å². The minimum atomic E-state index is 1.15. The first-order valence-electron chi connectivity index (χ1n) is 4.40. The molecule has 0 radical (unpaired) electrons. The van der Waals surface area contributed by atoms with Gasteiger partial charge in [-0.05, 0) is 59.0 Å². The number of benzene rings is 1. The maximum Gasteiger partial charge on any atom is 0.0358 e. The third-order valence-corrected chi connectivity index (χ3v) is 4.39. The largest absolute Gasteiger partial charge is 0.140 e. The van der Waals surface area contributed by atoms with Crippen molar-refractivity contribution in [2.75, 3.05) is 0 Å². The van der Waals surface area contributed by atoms with Crippen LogP contribution in [0.1, 0.15) is 17.4 Å². The summed E-state index contributed by atoms with van der Waals surface area (Å²) in [6, 6.07) is 6.69. The smallest absolute Gasteiger partial charge is 0.0358 e. The molecule has 13 heavy (non-hydrogen) atoms. The molecule has 2 rings (SSSR count). The highest BCUT2D eigenvalue weighted by molar-refractivity contribution is 14.1. The Hall–Kier alpha value is -0.0900. The molecule has 0 aliphatic heterocycles. The van der Waals surface area contributed by atoms with Gasteiger partial charge in [0.05, 0.1) is 0 Å². The van der Waals surface area contributed by atoms with Gasteiger partial charge in [0, 0.05) is 13.1 Å². The van der Waals surface area contributed by atoms with Gasteiger partial charge in [-0.25, -0.2) is 0 Å². The lowest BCUT2D eigenvalue weighted by molar-refractivity contribution is 1.16. The Morgan fingerprint density at radius 3 is 2.85 bits per heavy atom. The summed E-state index contributed by atoms with van der Waals surface area (Å²) in [6.45, 7) is 4.45. The van der Waals surface area contributed by atoms with E-state index in [1.165, 1.54) is 24.1 Å². The van der Waals surface area contributed by atoms with Gasteiger partial charge in [-0.2, -0.15) is 0 Å². The van der Waals surface area contributed by atoms with Crippen LogP contribution >= 0.6 is 33.9 Å². The second-order valence-electron chi connectivity index (χ2n) is 3.14. The van der Waals surface area contributed by atoms with Gasteiger partial charge in [-0.3, -0.25) is 0 Å². The van der Waals surface area contributed by atoms with Crippen LogP contribution < -0.4 is 0 Å². The lowest BCUT2D eigenvalue weighted by Crippen LogP contribution is -1.76. The Morgan fingerprint density at radius 2 is 2.15 bits per heavy atom. The number of aryl methyl sites for hydroxylation is 2. The second kappa shape index (κ2) is 3.58. The minimum absolute atomic E-state index is 1.15. The Balaban J connectivity index is 2.76. The first-order valence-corrected chi connectivity index (χ1v) is 6.29. The maximum atomic E-state index is 2.37. The molecule has 0 saturated heterocycles. The van der Waals surface area contributed by atoms with E-state index in [1.54, 1.807) is 0 Å². The highest BCUT2D eigenvalue weighted by Gasteiger charge is 2.06. The molecule has 1 aromatic heterocycles. The number of hydrogen-bond acceptors (Lipinski definition) is 1. The highest BCUT2D eigenvalue weighted by atomic mass is 127. The Kier molecular flexibility index (Phi) is 2.60. The van der Waals surface area contributed by atoms with E-state index in [1.807, 2.05) is 11.3 Å². The topological polar surface area (TPSA) is 0 Å². The van der Waals surface area contributed by atoms with Gasteiger partial charge in [-0.15, -0.1) is 11.3 Å². The van der Waals surface area contributed by atoms with Crippen LogP contribution in [0.4, 0.5) is 0 Å². The van der Waals surface area contributed by atoms with E-state index in [-0.39, 0.29) is 0 Å². The molecule has 0 N–H and O–H groups in total. The summed E-state index contributed by atoms with van der Waals surface area (Å²) in [7, 11) is 0. The monoisotopic (exact) mass is 302 g/mol. The summed E-state index contributed by atoms with van der Waals surface area (Å²) in [6.07, 6.45) is 1.15. The average molecular weight is 302 g/mol. The van der Waals surface area contributed by atoms with E-state index in [0.717, 1.165) is 6.42 Å². The highest BCUT2D eigenvalue weighted by Crippen LogP contribution is 2.31. The minimum Gasteiger partial charge on any atom is -0.140 e. The SMILES string of the molecule is CCc1sc2cc(I)ccc2c1C. The number of fused-ring (bicyclic) bond motifs is 1. The van der Waals surface area contributed by atoms with Crippen molar-refractivity contribution in [2.24, 2.45) is 0 Å². The van der Waals surface area contributed by atoms with Gasteiger partial charge >= 0.3 is 0 Å². The average Bonchev–Trinajstić information content (AvgIpc) is 2.42. The fourth-order valence-electron chi connectivity index (χ4n) is 1.59. The van der Waals surface area contributed by atoms with Crippen LogP contribution in [0.25, 0.3) is 10.1 Å². The molecule has 0 amide bonds. The first-order chi connectivity index (χ1) is 6.22. The van der Waals surface area contributed by atoms with Crippen molar-refractivity contribution in [1.29, 1.82) is 0 Å². The van der Waals surface area contributed by atoms with Gasteiger partial charge < -0.3 is 0 Å². The van der Waals surface area contributed by atoms with Crippen LogP contribution in [0.15, 0.2) is 18.2 Å². The number of halogens is 1. The molecule has 1 aromatic carbocycles. The molecule has 0 fully saturated rings. The molecule has 0 saturated carbocycles. The van der Waals surface area contributed by atoms with E-state index >= 15 is 0 Å². The molecule has 0 atom stereocenters. The molecule has 2 heteroatoms. The zero-order valence-electron chi connectivity index (χ0n) is 7.73. The summed E-state index contributed by atoms with van der Waals surface area (Å²) in [4.78, 5) is 1.52. The van der Waals surface area contributed by atoms with Crippen LogP contribution in [0, 0.1) is 10.5 Å². The van der Waals surface area contributed by atoms with Gasteiger partial charge in [0.2, 0.25) is 0 Å². The van der Waals surface area contributed by atoms with Crippen molar-refractivity contribution in [1.82, 2.24) is 0 Å². The summed E-state index contributed by atoms with van der Waals surface area (Å²) >= 11 is 4.30. The van der Waals surface area contributed by atoms with Crippen LogP contribution in [-0.4, -0.2) is 0 Å². The van der Waals surface area contributed by atoms with Crippen molar-refractivity contribution < 1.29 is 0 Å². The normalized spacial score (nSPS) is 11.0. The van der Waals surface area contributed by atoms with E-state index in [9.17, 15) is 0 Å². The second-order valence-corrected chi connectivity index (χ2v) is 5.53. The van der Waals surface area contributed by atoms with Gasteiger partial charge in [-0.1, -0.05) is 13.0 Å². The van der Waals surface area contributed by atoms with E-state index < -0.39 is 0 Å².